The molecule has 2 aromatic carbocycles. The van der Waals surface area contributed by atoms with Crippen molar-refractivity contribution in [3.63, 3.8) is 0 Å². The van der Waals surface area contributed by atoms with Crippen molar-refractivity contribution < 1.29 is 0 Å². The Morgan fingerprint density at radius 2 is 1.58 bits per heavy atom. The Kier molecular flexibility index (Phi) is 4.07. The topological polar surface area (TPSA) is 49.8 Å². The molecular formula is C16H12N2S. The molecule has 3 heteroatoms. The van der Waals surface area contributed by atoms with Crippen molar-refractivity contribution in [1.82, 2.24) is 0 Å². The smallest absolute Gasteiger partial charge is 0.114 e. The molecule has 0 atom stereocenters. The molecule has 92 valence electrons. The lowest BCUT2D eigenvalue weighted by atomic mass is 10.0. The van der Waals surface area contributed by atoms with Gasteiger partial charge in [-0.25, -0.2) is 0 Å². The van der Waals surface area contributed by atoms with Crippen molar-refractivity contribution in [2.24, 2.45) is 5.73 Å². The minimum absolute atomic E-state index is 0.120. The Morgan fingerprint density at radius 1 is 1.00 bits per heavy atom. The fourth-order valence-corrected chi connectivity index (χ4v) is 1.83. The van der Waals surface area contributed by atoms with Crippen LogP contribution in [0.25, 0.3) is 17.2 Å². The predicted octanol–water partition coefficient (Wildman–Crippen LogP) is 3.55. The zero-order valence-electron chi connectivity index (χ0n) is 10.2. The van der Waals surface area contributed by atoms with Crippen LogP contribution in [0.4, 0.5) is 0 Å². The summed E-state index contributed by atoms with van der Waals surface area (Å²) in [4.78, 5) is 0.120. The third-order valence-electron chi connectivity index (χ3n) is 2.71. The first kappa shape index (κ1) is 13.0. The third-order valence-corrected chi connectivity index (χ3v) is 2.93. The number of thiocarbonyl (C=S) groups is 1. The summed E-state index contributed by atoms with van der Waals surface area (Å²) in [6.45, 7) is 0. The van der Waals surface area contributed by atoms with Crippen molar-refractivity contribution >= 4 is 23.3 Å². The van der Waals surface area contributed by atoms with Gasteiger partial charge in [0, 0.05) is 0 Å². The van der Waals surface area contributed by atoms with E-state index in [1.165, 1.54) is 0 Å². The highest BCUT2D eigenvalue weighted by atomic mass is 32.1. The molecule has 0 bridgehead atoms. The summed E-state index contributed by atoms with van der Waals surface area (Å²) in [5.41, 5.74) is 8.98. The minimum atomic E-state index is 0.120. The molecule has 19 heavy (non-hydrogen) atoms. The van der Waals surface area contributed by atoms with E-state index in [-0.39, 0.29) is 4.99 Å². The summed E-state index contributed by atoms with van der Waals surface area (Å²) in [5, 5.41) is 8.90. The molecule has 2 N–H and O–H groups in total. The first-order valence-electron chi connectivity index (χ1n) is 5.78. The van der Waals surface area contributed by atoms with E-state index in [9.17, 15) is 0 Å². The molecule has 0 aliphatic carbocycles. The summed E-state index contributed by atoms with van der Waals surface area (Å²) in [5.74, 6) is 0. The van der Waals surface area contributed by atoms with Crippen molar-refractivity contribution in [3.05, 3.63) is 65.7 Å². The number of benzene rings is 2. The summed E-state index contributed by atoms with van der Waals surface area (Å²) < 4.78 is 0. The van der Waals surface area contributed by atoms with Crippen LogP contribution in [0, 0.1) is 11.3 Å². The second-order valence-electron chi connectivity index (χ2n) is 4.02. The van der Waals surface area contributed by atoms with Crippen LogP contribution < -0.4 is 5.73 Å². The normalized spacial score (nSPS) is 10.8. The number of rotatable bonds is 3. The van der Waals surface area contributed by atoms with Crippen molar-refractivity contribution in [1.29, 1.82) is 5.26 Å². The van der Waals surface area contributed by atoms with Crippen LogP contribution in [0.3, 0.4) is 0 Å². The van der Waals surface area contributed by atoms with E-state index < -0.39 is 0 Å². The molecule has 0 unspecified atom stereocenters. The van der Waals surface area contributed by atoms with Gasteiger partial charge in [0.1, 0.15) is 11.1 Å². The monoisotopic (exact) mass is 264 g/mol. The maximum atomic E-state index is 8.90. The summed E-state index contributed by atoms with van der Waals surface area (Å²) >= 11 is 4.80. The average molecular weight is 264 g/mol. The summed E-state index contributed by atoms with van der Waals surface area (Å²) in [7, 11) is 0. The molecule has 0 radical (unpaired) electrons. The molecular weight excluding hydrogens is 252 g/mol. The molecule has 0 fully saturated rings. The van der Waals surface area contributed by atoms with Gasteiger partial charge in [0.2, 0.25) is 0 Å². The van der Waals surface area contributed by atoms with E-state index in [1.54, 1.807) is 6.08 Å². The van der Waals surface area contributed by atoms with Gasteiger partial charge >= 0.3 is 0 Å². The number of nitrogens with zero attached hydrogens (tertiary/aromatic N) is 1. The molecule has 0 saturated carbocycles. The van der Waals surface area contributed by atoms with Gasteiger partial charge in [-0.1, -0.05) is 66.8 Å². The largest absolute Gasteiger partial charge is 0.389 e. The van der Waals surface area contributed by atoms with Gasteiger partial charge in [0.25, 0.3) is 0 Å². The van der Waals surface area contributed by atoms with E-state index in [1.807, 2.05) is 48.5 Å². The van der Waals surface area contributed by atoms with Gasteiger partial charge in [0.15, 0.2) is 0 Å². The lowest BCUT2D eigenvalue weighted by Gasteiger charge is -2.02. The van der Waals surface area contributed by atoms with Crippen LogP contribution in [0.5, 0.6) is 0 Å². The molecule has 2 aromatic rings. The Balaban J connectivity index is 2.30. The van der Waals surface area contributed by atoms with Gasteiger partial charge in [-0.15, -0.1) is 0 Å². The molecule has 2 rings (SSSR count). The number of hydrogen-bond acceptors (Lipinski definition) is 2. The highest BCUT2D eigenvalue weighted by Gasteiger charge is 2.00. The second-order valence-corrected chi connectivity index (χ2v) is 4.46. The van der Waals surface area contributed by atoms with Crippen LogP contribution in [-0.4, -0.2) is 4.99 Å². The van der Waals surface area contributed by atoms with Gasteiger partial charge in [-0.05, 0) is 22.8 Å². The predicted molar refractivity (Wildman–Crippen MR) is 82.3 cm³/mol. The number of nitrogens with two attached hydrogens (primary N) is 1. The van der Waals surface area contributed by atoms with E-state index in [0.29, 0.717) is 5.57 Å². The van der Waals surface area contributed by atoms with Crippen LogP contribution in [0.15, 0.2) is 60.2 Å². The average Bonchev–Trinajstić information content (AvgIpc) is 2.46. The zero-order chi connectivity index (χ0) is 13.7. The number of nitriles is 1. The van der Waals surface area contributed by atoms with E-state index >= 15 is 0 Å². The SMILES string of the molecule is N#CC(=Cc1ccc(-c2ccccc2)cc1)C(N)=S. The second kappa shape index (κ2) is 5.94. The standard InChI is InChI=1S/C16H12N2S/c17-11-15(16(18)19)10-12-6-8-14(9-7-12)13-4-2-1-3-5-13/h1-10H,(H2,18,19). The molecule has 0 spiro atoms. The first-order chi connectivity index (χ1) is 9.20. The van der Waals surface area contributed by atoms with Crippen molar-refractivity contribution in [3.8, 4) is 17.2 Å². The highest BCUT2D eigenvalue weighted by molar-refractivity contribution is 7.80. The van der Waals surface area contributed by atoms with E-state index in [0.717, 1.165) is 16.7 Å². The third kappa shape index (κ3) is 3.27. The number of hydrogen-bond donors (Lipinski definition) is 1. The molecule has 0 aliphatic rings. The maximum absolute atomic E-state index is 8.90. The van der Waals surface area contributed by atoms with Crippen LogP contribution in [0.2, 0.25) is 0 Å². The minimum Gasteiger partial charge on any atom is -0.389 e. The Hall–Kier alpha value is -2.44. The molecule has 0 aliphatic heterocycles. The quantitative estimate of drug-likeness (QED) is 0.524. The highest BCUT2D eigenvalue weighted by Crippen LogP contribution is 2.20. The first-order valence-corrected chi connectivity index (χ1v) is 6.18. The Morgan fingerprint density at radius 3 is 2.11 bits per heavy atom. The summed E-state index contributed by atoms with van der Waals surface area (Å²) in [6.07, 6.45) is 1.69. The molecule has 0 aromatic heterocycles. The lowest BCUT2D eigenvalue weighted by Crippen LogP contribution is -2.09. The van der Waals surface area contributed by atoms with Gasteiger partial charge < -0.3 is 5.73 Å². The molecule has 0 heterocycles. The van der Waals surface area contributed by atoms with Crippen LogP contribution >= 0.6 is 12.2 Å². The molecule has 2 nitrogen and oxygen atoms in total. The fraction of sp³-hybridized carbons (Fsp3) is 0. The van der Waals surface area contributed by atoms with E-state index in [4.69, 9.17) is 23.2 Å². The van der Waals surface area contributed by atoms with E-state index in [2.05, 4.69) is 12.1 Å². The molecule has 0 amide bonds. The van der Waals surface area contributed by atoms with Crippen LogP contribution in [-0.2, 0) is 0 Å². The zero-order valence-corrected chi connectivity index (χ0v) is 11.0. The van der Waals surface area contributed by atoms with Gasteiger partial charge in [0.05, 0.1) is 5.57 Å². The van der Waals surface area contributed by atoms with Crippen molar-refractivity contribution in [2.75, 3.05) is 0 Å². The fourth-order valence-electron chi connectivity index (χ4n) is 1.73. The molecule has 0 saturated heterocycles. The van der Waals surface area contributed by atoms with Crippen LogP contribution in [0.1, 0.15) is 5.56 Å². The van der Waals surface area contributed by atoms with Crippen molar-refractivity contribution in [2.45, 2.75) is 0 Å². The maximum Gasteiger partial charge on any atom is 0.114 e. The van der Waals surface area contributed by atoms with Gasteiger partial charge in [-0.3, -0.25) is 0 Å². The lowest BCUT2D eigenvalue weighted by molar-refractivity contribution is 1.51. The van der Waals surface area contributed by atoms with Gasteiger partial charge in [-0.2, -0.15) is 5.26 Å². The summed E-state index contributed by atoms with van der Waals surface area (Å²) in [6, 6.07) is 20.0. The Bertz CT molecular complexity index is 649. The Labute approximate surface area is 117 Å².